The van der Waals surface area contributed by atoms with Crippen LogP contribution in [0.25, 0.3) is 11.3 Å². The number of anilines is 1. The summed E-state index contributed by atoms with van der Waals surface area (Å²) >= 11 is 0. The fourth-order valence-corrected chi connectivity index (χ4v) is 3.01. The van der Waals surface area contributed by atoms with Gasteiger partial charge in [-0.25, -0.2) is 4.68 Å². The molecule has 0 aliphatic heterocycles. The first-order valence-electron chi connectivity index (χ1n) is 8.87. The van der Waals surface area contributed by atoms with E-state index in [1.165, 1.54) is 10.7 Å². The van der Waals surface area contributed by atoms with Gasteiger partial charge in [-0.3, -0.25) is 14.3 Å². The van der Waals surface area contributed by atoms with E-state index < -0.39 is 6.04 Å². The molecule has 1 N–H and O–H groups in total. The van der Waals surface area contributed by atoms with Crippen molar-refractivity contribution in [1.29, 1.82) is 0 Å². The second-order valence-corrected chi connectivity index (χ2v) is 6.56. The van der Waals surface area contributed by atoms with Crippen LogP contribution in [-0.2, 0) is 11.8 Å². The molecule has 0 aliphatic carbocycles. The molecule has 0 fully saturated rings. The molecule has 0 saturated heterocycles. The lowest BCUT2D eigenvalue weighted by Crippen LogP contribution is -2.33. The second-order valence-electron chi connectivity index (χ2n) is 6.56. The first-order chi connectivity index (χ1) is 13.3. The van der Waals surface area contributed by atoms with Crippen LogP contribution in [0, 0.1) is 13.8 Å². The van der Waals surface area contributed by atoms with Crippen molar-refractivity contribution in [2.45, 2.75) is 26.8 Å². The van der Waals surface area contributed by atoms with Crippen LogP contribution >= 0.6 is 0 Å². The number of hydrogen-bond acceptors (Lipinski definition) is 5. The Morgan fingerprint density at radius 2 is 1.79 bits per heavy atom. The number of carbonyl (C=O) groups excluding carboxylic acids is 1. The number of nitrogens with zero attached hydrogens (tertiary/aromatic N) is 4. The standard InChI is InChI=1S/C20H23N5O3/c1-12-19(13(2)24(4)22-12)17-10-11-18(26)25(23-17)14(3)20(27)21-15-6-8-16(28-5)9-7-15/h6-11,14H,1-5H3,(H,21,27)/t14-/m0/s1. The van der Waals surface area contributed by atoms with E-state index in [4.69, 9.17) is 4.74 Å². The molecule has 2 aromatic heterocycles. The Bertz CT molecular complexity index is 1070. The summed E-state index contributed by atoms with van der Waals surface area (Å²) in [5.41, 5.74) is 3.48. The van der Waals surface area contributed by atoms with E-state index in [0.717, 1.165) is 17.0 Å². The number of ether oxygens (including phenoxy) is 1. The van der Waals surface area contributed by atoms with E-state index in [1.807, 2.05) is 20.9 Å². The first kappa shape index (κ1) is 19.3. The summed E-state index contributed by atoms with van der Waals surface area (Å²) < 4.78 is 8.07. The van der Waals surface area contributed by atoms with Gasteiger partial charge in [0.15, 0.2) is 0 Å². The number of methoxy groups -OCH3 is 1. The molecular formula is C20H23N5O3. The predicted molar refractivity (Wildman–Crippen MR) is 107 cm³/mol. The van der Waals surface area contributed by atoms with Crippen LogP contribution in [0.15, 0.2) is 41.2 Å². The largest absolute Gasteiger partial charge is 0.497 e. The van der Waals surface area contributed by atoms with Gasteiger partial charge in [-0.2, -0.15) is 10.2 Å². The Hall–Kier alpha value is -3.42. The molecule has 0 aliphatic rings. The molecule has 0 saturated carbocycles. The van der Waals surface area contributed by atoms with Gasteiger partial charge >= 0.3 is 0 Å². The van der Waals surface area contributed by atoms with Gasteiger partial charge in [0.2, 0.25) is 5.91 Å². The molecule has 0 spiro atoms. The smallest absolute Gasteiger partial charge is 0.267 e. The number of benzene rings is 1. The van der Waals surface area contributed by atoms with Crippen LogP contribution in [0.1, 0.15) is 24.4 Å². The zero-order valence-electron chi connectivity index (χ0n) is 16.6. The van der Waals surface area contributed by atoms with Gasteiger partial charge in [0.1, 0.15) is 11.8 Å². The summed E-state index contributed by atoms with van der Waals surface area (Å²) in [7, 11) is 3.43. The molecule has 0 bridgehead atoms. The molecule has 28 heavy (non-hydrogen) atoms. The van der Waals surface area contributed by atoms with Crippen LogP contribution in [0.3, 0.4) is 0 Å². The van der Waals surface area contributed by atoms with Gasteiger partial charge < -0.3 is 10.1 Å². The topological polar surface area (TPSA) is 91.0 Å². The molecule has 0 radical (unpaired) electrons. The van der Waals surface area contributed by atoms with Crippen molar-refractivity contribution >= 4 is 11.6 Å². The van der Waals surface area contributed by atoms with E-state index in [2.05, 4.69) is 15.5 Å². The van der Waals surface area contributed by atoms with Crippen LogP contribution in [0.4, 0.5) is 5.69 Å². The van der Waals surface area contributed by atoms with Crippen molar-refractivity contribution in [3.63, 3.8) is 0 Å². The number of rotatable bonds is 5. The maximum absolute atomic E-state index is 12.6. The number of aryl methyl sites for hydroxylation is 2. The first-order valence-corrected chi connectivity index (χ1v) is 8.87. The summed E-state index contributed by atoms with van der Waals surface area (Å²) in [6, 6.07) is 9.26. The molecule has 146 valence electrons. The number of hydrogen-bond donors (Lipinski definition) is 1. The molecule has 8 nitrogen and oxygen atoms in total. The van der Waals surface area contributed by atoms with E-state index in [1.54, 1.807) is 49.0 Å². The molecule has 3 rings (SSSR count). The number of nitrogens with one attached hydrogen (secondary N) is 1. The molecule has 2 heterocycles. The molecule has 1 aromatic carbocycles. The Labute approximate surface area is 162 Å². The van der Waals surface area contributed by atoms with Crippen molar-refractivity contribution in [2.24, 2.45) is 7.05 Å². The molecule has 8 heteroatoms. The SMILES string of the molecule is COc1ccc(NC(=O)[C@H](C)n2nc(-c3c(C)nn(C)c3C)ccc2=O)cc1. The maximum Gasteiger partial charge on any atom is 0.267 e. The molecule has 3 aromatic rings. The molecule has 1 atom stereocenters. The predicted octanol–water partition coefficient (Wildman–Crippen LogP) is 2.47. The zero-order valence-corrected chi connectivity index (χ0v) is 16.6. The summed E-state index contributed by atoms with van der Waals surface area (Å²) in [5, 5.41) is 11.6. The van der Waals surface area contributed by atoms with Crippen molar-refractivity contribution in [2.75, 3.05) is 12.4 Å². The molecule has 1 amide bonds. The fraction of sp³-hybridized carbons (Fsp3) is 0.300. The minimum atomic E-state index is -0.785. The Morgan fingerprint density at radius 3 is 2.36 bits per heavy atom. The van der Waals surface area contributed by atoms with E-state index in [-0.39, 0.29) is 11.5 Å². The quantitative estimate of drug-likeness (QED) is 0.733. The molecular weight excluding hydrogens is 358 g/mol. The van der Waals surface area contributed by atoms with Crippen molar-refractivity contribution in [1.82, 2.24) is 19.6 Å². The van der Waals surface area contributed by atoms with Crippen LogP contribution in [0.5, 0.6) is 5.75 Å². The van der Waals surface area contributed by atoms with Crippen LogP contribution < -0.4 is 15.6 Å². The van der Waals surface area contributed by atoms with Gasteiger partial charge in [-0.1, -0.05) is 0 Å². The zero-order chi connectivity index (χ0) is 20.4. The lowest BCUT2D eigenvalue weighted by molar-refractivity contribution is -0.119. The highest BCUT2D eigenvalue weighted by Crippen LogP contribution is 2.24. The third kappa shape index (κ3) is 3.66. The third-order valence-electron chi connectivity index (χ3n) is 4.69. The van der Waals surface area contributed by atoms with Crippen molar-refractivity contribution in [3.05, 3.63) is 58.1 Å². The van der Waals surface area contributed by atoms with E-state index >= 15 is 0 Å². The lowest BCUT2D eigenvalue weighted by atomic mass is 10.1. The highest BCUT2D eigenvalue weighted by atomic mass is 16.5. The monoisotopic (exact) mass is 381 g/mol. The van der Waals surface area contributed by atoms with Crippen LogP contribution in [-0.4, -0.2) is 32.6 Å². The number of aromatic nitrogens is 4. The maximum atomic E-state index is 12.6. The highest BCUT2D eigenvalue weighted by Gasteiger charge is 2.20. The summed E-state index contributed by atoms with van der Waals surface area (Å²) in [6.07, 6.45) is 0. The average molecular weight is 381 g/mol. The Kier molecular flexibility index (Phi) is 5.30. The van der Waals surface area contributed by atoms with Gasteiger partial charge in [-0.15, -0.1) is 0 Å². The second kappa shape index (κ2) is 7.67. The van der Waals surface area contributed by atoms with E-state index in [9.17, 15) is 9.59 Å². The summed E-state index contributed by atoms with van der Waals surface area (Å²) in [4.78, 5) is 25.0. The third-order valence-corrected chi connectivity index (χ3v) is 4.69. The van der Waals surface area contributed by atoms with Gasteiger partial charge in [0, 0.05) is 30.1 Å². The average Bonchev–Trinajstić information content (AvgIpc) is 2.94. The Balaban J connectivity index is 1.89. The van der Waals surface area contributed by atoms with E-state index in [0.29, 0.717) is 17.1 Å². The summed E-state index contributed by atoms with van der Waals surface area (Å²) in [6.45, 7) is 5.46. The number of carbonyl (C=O) groups is 1. The van der Waals surface area contributed by atoms with Gasteiger partial charge in [0.05, 0.1) is 18.5 Å². The molecule has 0 unspecified atom stereocenters. The van der Waals surface area contributed by atoms with Crippen molar-refractivity contribution < 1.29 is 9.53 Å². The number of amides is 1. The minimum Gasteiger partial charge on any atom is -0.497 e. The lowest BCUT2D eigenvalue weighted by Gasteiger charge is -2.15. The minimum absolute atomic E-state index is 0.337. The van der Waals surface area contributed by atoms with Gasteiger partial charge in [0.25, 0.3) is 5.56 Å². The van der Waals surface area contributed by atoms with Gasteiger partial charge in [-0.05, 0) is 51.1 Å². The normalized spacial score (nSPS) is 11.9. The Morgan fingerprint density at radius 1 is 1.11 bits per heavy atom. The highest BCUT2D eigenvalue weighted by molar-refractivity contribution is 5.93. The fourth-order valence-electron chi connectivity index (χ4n) is 3.01. The summed E-state index contributed by atoms with van der Waals surface area (Å²) in [5.74, 6) is 0.357. The van der Waals surface area contributed by atoms with Crippen molar-refractivity contribution in [3.8, 4) is 17.0 Å². The van der Waals surface area contributed by atoms with Crippen LogP contribution in [0.2, 0.25) is 0 Å².